The summed E-state index contributed by atoms with van der Waals surface area (Å²) in [7, 11) is 0. The molecule has 2 amide bonds. The van der Waals surface area contributed by atoms with Gasteiger partial charge in [-0.15, -0.1) is 0 Å². The Kier molecular flexibility index (Phi) is 5.04. The van der Waals surface area contributed by atoms with Crippen molar-refractivity contribution in [3.8, 4) is 6.07 Å². The summed E-state index contributed by atoms with van der Waals surface area (Å²) < 4.78 is 5.31. The average molecular weight is 336 g/mol. The first-order chi connectivity index (χ1) is 11.5. The first kappa shape index (κ1) is 17.1. The molecule has 24 heavy (non-hydrogen) atoms. The summed E-state index contributed by atoms with van der Waals surface area (Å²) in [5.41, 5.74) is -1.07. The van der Waals surface area contributed by atoms with Crippen molar-refractivity contribution in [1.82, 2.24) is 14.7 Å². The highest BCUT2D eigenvalue weighted by atomic mass is 16.5. The lowest BCUT2D eigenvalue weighted by atomic mass is 9.89. The third-order valence-electron chi connectivity index (χ3n) is 5.04. The van der Waals surface area contributed by atoms with E-state index >= 15 is 0 Å². The van der Waals surface area contributed by atoms with Crippen LogP contribution in [0.2, 0.25) is 0 Å². The van der Waals surface area contributed by atoms with Crippen molar-refractivity contribution in [2.45, 2.75) is 18.4 Å². The van der Waals surface area contributed by atoms with E-state index in [1.165, 1.54) is 0 Å². The molecule has 3 rings (SSSR count). The third kappa shape index (κ3) is 3.69. The van der Waals surface area contributed by atoms with Crippen molar-refractivity contribution in [1.29, 1.82) is 5.26 Å². The molecule has 3 fully saturated rings. The summed E-state index contributed by atoms with van der Waals surface area (Å²) in [5, 5.41) is 18.7. The van der Waals surface area contributed by atoms with Crippen molar-refractivity contribution in [3.05, 3.63) is 0 Å². The largest absolute Gasteiger partial charge is 0.385 e. The molecule has 1 unspecified atom stereocenters. The van der Waals surface area contributed by atoms with E-state index in [0.717, 1.165) is 32.8 Å². The minimum Gasteiger partial charge on any atom is -0.385 e. The predicted molar refractivity (Wildman–Crippen MR) is 83.7 cm³/mol. The molecule has 8 nitrogen and oxygen atoms in total. The van der Waals surface area contributed by atoms with Crippen molar-refractivity contribution in [3.63, 3.8) is 0 Å². The molecule has 0 spiro atoms. The summed E-state index contributed by atoms with van der Waals surface area (Å²) >= 11 is 0. The van der Waals surface area contributed by atoms with Crippen LogP contribution in [0.4, 0.5) is 0 Å². The molecular formula is C16H24N4O4. The number of hydrogen-bond donors (Lipinski definition) is 1. The van der Waals surface area contributed by atoms with E-state index in [0.29, 0.717) is 13.1 Å². The zero-order valence-corrected chi connectivity index (χ0v) is 13.8. The molecule has 3 aliphatic rings. The molecule has 0 bridgehead atoms. The maximum Gasteiger partial charge on any atom is 0.228 e. The molecule has 0 aliphatic carbocycles. The third-order valence-corrected chi connectivity index (χ3v) is 5.04. The number of carbonyl (C=O) groups excluding carboxylic acids is 2. The SMILES string of the molecule is N#CCC1(O)CN(C(=O)C2CC(=O)N(CCN3CCOCC3)C2)C1. The number of rotatable bonds is 5. The minimum absolute atomic E-state index is 0.0226. The van der Waals surface area contributed by atoms with Crippen LogP contribution in [0.1, 0.15) is 12.8 Å². The standard InChI is InChI=1S/C16H24N4O4/c17-2-1-16(23)11-20(12-16)15(22)13-9-14(21)19(10-13)4-3-18-5-7-24-8-6-18/h13,23H,1,3-12H2. The molecule has 3 aliphatic heterocycles. The molecule has 0 saturated carbocycles. The highest BCUT2D eigenvalue weighted by Crippen LogP contribution is 2.28. The van der Waals surface area contributed by atoms with E-state index in [4.69, 9.17) is 10.00 Å². The van der Waals surface area contributed by atoms with Gasteiger partial charge in [-0.2, -0.15) is 5.26 Å². The quantitative estimate of drug-likeness (QED) is 0.667. The number of nitrogens with zero attached hydrogens (tertiary/aromatic N) is 4. The van der Waals surface area contributed by atoms with Crippen molar-refractivity contribution in [2.24, 2.45) is 5.92 Å². The van der Waals surface area contributed by atoms with Gasteiger partial charge in [-0.1, -0.05) is 0 Å². The number of hydrogen-bond acceptors (Lipinski definition) is 6. The lowest BCUT2D eigenvalue weighted by Gasteiger charge is -2.46. The first-order valence-electron chi connectivity index (χ1n) is 8.47. The highest BCUT2D eigenvalue weighted by molar-refractivity contribution is 5.89. The summed E-state index contributed by atoms with van der Waals surface area (Å²) in [6.45, 7) is 5.52. The molecule has 132 valence electrons. The van der Waals surface area contributed by atoms with Crippen LogP contribution < -0.4 is 0 Å². The van der Waals surface area contributed by atoms with Gasteiger partial charge in [0.15, 0.2) is 0 Å². The Balaban J connectivity index is 1.44. The normalized spacial score (nSPS) is 27.0. The molecule has 0 aromatic heterocycles. The lowest BCUT2D eigenvalue weighted by Crippen LogP contribution is -2.64. The number of nitriles is 1. The molecule has 0 aromatic carbocycles. The van der Waals surface area contributed by atoms with E-state index in [1.54, 1.807) is 9.80 Å². The van der Waals surface area contributed by atoms with Crippen LogP contribution in [0.5, 0.6) is 0 Å². The van der Waals surface area contributed by atoms with Gasteiger partial charge in [-0.25, -0.2) is 0 Å². The van der Waals surface area contributed by atoms with E-state index in [1.807, 2.05) is 6.07 Å². The van der Waals surface area contributed by atoms with Crippen LogP contribution in [0.3, 0.4) is 0 Å². The van der Waals surface area contributed by atoms with E-state index in [2.05, 4.69) is 4.90 Å². The van der Waals surface area contributed by atoms with Gasteiger partial charge in [0, 0.05) is 39.1 Å². The fourth-order valence-electron chi connectivity index (χ4n) is 3.58. The highest BCUT2D eigenvalue weighted by Gasteiger charge is 2.47. The molecule has 1 N–H and O–H groups in total. The molecule has 8 heteroatoms. The molecule has 0 radical (unpaired) electrons. The number of likely N-dealkylation sites (tertiary alicyclic amines) is 2. The maximum atomic E-state index is 12.4. The van der Waals surface area contributed by atoms with E-state index in [9.17, 15) is 14.7 Å². The van der Waals surface area contributed by atoms with Crippen molar-refractivity contribution < 1.29 is 19.4 Å². The summed E-state index contributed by atoms with van der Waals surface area (Å²) in [5.74, 6) is -0.386. The second-order valence-electron chi connectivity index (χ2n) is 6.95. The second-order valence-corrected chi connectivity index (χ2v) is 6.95. The lowest BCUT2D eigenvalue weighted by molar-refractivity contribution is -0.158. The van der Waals surface area contributed by atoms with Crippen LogP contribution in [0.25, 0.3) is 0 Å². The van der Waals surface area contributed by atoms with Gasteiger partial charge in [0.25, 0.3) is 0 Å². The Morgan fingerprint density at radius 3 is 2.71 bits per heavy atom. The van der Waals surface area contributed by atoms with Gasteiger partial charge in [-0.3, -0.25) is 14.5 Å². The molecule has 3 heterocycles. The summed E-state index contributed by atoms with van der Waals surface area (Å²) in [6, 6.07) is 1.94. The smallest absolute Gasteiger partial charge is 0.228 e. The molecule has 1 atom stereocenters. The van der Waals surface area contributed by atoms with Gasteiger partial charge in [0.1, 0.15) is 5.60 Å². The number of carbonyl (C=O) groups is 2. The second kappa shape index (κ2) is 7.05. The van der Waals surface area contributed by atoms with Gasteiger partial charge in [0.05, 0.1) is 44.7 Å². The topological polar surface area (TPSA) is 97.1 Å². The fourth-order valence-corrected chi connectivity index (χ4v) is 3.58. The van der Waals surface area contributed by atoms with Gasteiger partial charge >= 0.3 is 0 Å². The predicted octanol–water partition coefficient (Wildman–Crippen LogP) is -1.35. The van der Waals surface area contributed by atoms with Crippen LogP contribution in [0.15, 0.2) is 0 Å². The summed E-state index contributed by atoms with van der Waals surface area (Å²) in [4.78, 5) is 30.2. The van der Waals surface area contributed by atoms with Gasteiger partial charge in [-0.05, 0) is 0 Å². The van der Waals surface area contributed by atoms with Gasteiger partial charge < -0.3 is 19.6 Å². The van der Waals surface area contributed by atoms with Crippen LogP contribution >= 0.6 is 0 Å². The van der Waals surface area contributed by atoms with Crippen LogP contribution in [-0.2, 0) is 14.3 Å². The van der Waals surface area contributed by atoms with Crippen LogP contribution in [-0.4, -0.2) is 96.2 Å². The molecule has 3 saturated heterocycles. The van der Waals surface area contributed by atoms with E-state index < -0.39 is 5.60 Å². The summed E-state index contributed by atoms with van der Waals surface area (Å²) in [6.07, 6.45) is 0.279. The fraction of sp³-hybridized carbons (Fsp3) is 0.812. The number of ether oxygens (including phenoxy) is 1. The Bertz CT molecular complexity index is 535. The molecular weight excluding hydrogens is 312 g/mol. The van der Waals surface area contributed by atoms with Crippen molar-refractivity contribution in [2.75, 3.05) is 59.0 Å². The Hall–Kier alpha value is -1.69. The first-order valence-corrected chi connectivity index (χ1v) is 8.47. The Labute approximate surface area is 141 Å². The van der Waals surface area contributed by atoms with Gasteiger partial charge in [0.2, 0.25) is 11.8 Å². The Morgan fingerprint density at radius 2 is 2.04 bits per heavy atom. The zero-order valence-electron chi connectivity index (χ0n) is 13.8. The maximum absolute atomic E-state index is 12.4. The number of amides is 2. The number of morpholine rings is 1. The van der Waals surface area contributed by atoms with E-state index in [-0.39, 0.29) is 43.7 Å². The van der Waals surface area contributed by atoms with Crippen LogP contribution in [0, 0.1) is 17.2 Å². The Morgan fingerprint density at radius 1 is 1.33 bits per heavy atom. The zero-order chi connectivity index (χ0) is 17.2. The monoisotopic (exact) mass is 336 g/mol. The van der Waals surface area contributed by atoms with Crippen molar-refractivity contribution >= 4 is 11.8 Å². The average Bonchev–Trinajstić information content (AvgIpc) is 2.92. The molecule has 0 aromatic rings. The number of β-amino-alcohol motifs (C(OH)–C–C–N with tert-alkyl or cyclic N) is 1. The number of aliphatic hydroxyl groups is 1. The minimum atomic E-state index is -1.07.